The van der Waals surface area contributed by atoms with Crippen LogP contribution >= 0.6 is 0 Å². The van der Waals surface area contributed by atoms with E-state index in [2.05, 4.69) is 0 Å². The minimum Gasteiger partial charge on any atom is -0.335 e. The van der Waals surface area contributed by atoms with Crippen LogP contribution in [-0.4, -0.2) is 23.9 Å². The second-order valence-corrected chi connectivity index (χ2v) is 4.04. The fraction of sp³-hybridized carbons (Fsp3) is 0.364. The molecule has 92 valence electrons. The number of halogens is 3. The highest BCUT2D eigenvalue weighted by Gasteiger charge is 2.43. The normalized spacial score (nSPS) is 24.8. The first-order valence-corrected chi connectivity index (χ1v) is 5.02. The molecule has 6 heteroatoms. The van der Waals surface area contributed by atoms with Crippen molar-refractivity contribution < 1.29 is 18.0 Å². The minimum atomic E-state index is -4.35. The second kappa shape index (κ2) is 3.73. The lowest BCUT2D eigenvalue weighted by atomic mass is 9.89. The number of hydrogen-bond donors (Lipinski definition) is 1. The predicted octanol–water partition coefficient (Wildman–Crippen LogP) is 1.55. The van der Waals surface area contributed by atoms with Crippen molar-refractivity contribution in [3.05, 3.63) is 35.4 Å². The van der Waals surface area contributed by atoms with E-state index in [1.807, 2.05) is 0 Å². The Morgan fingerprint density at radius 3 is 2.18 bits per heavy atom. The van der Waals surface area contributed by atoms with Crippen molar-refractivity contribution in [3.63, 3.8) is 0 Å². The van der Waals surface area contributed by atoms with Gasteiger partial charge in [0.15, 0.2) is 0 Å². The number of nitrogens with zero attached hydrogens (tertiary/aromatic N) is 1. The molecule has 0 bridgehead atoms. The summed E-state index contributed by atoms with van der Waals surface area (Å²) in [5, 5.41) is 0. The van der Waals surface area contributed by atoms with E-state index in [1.165, 1.54) is 17.0 Å². The third-order valence-electron chi connectivity index (χ3n) is 2.97. The molecule has 17 heavy (non-hydrogen) atoms. The van der Waals surface area contributed by atoms with Gasteiger partial charge in [0, 0.05) is 7.05 Å². The van der Waals surface area contributed by atoms with Crippen molar-refractivity contribution in [1.29, 1.82) is 0 Å². The maximum absolute atomic E-state index is 12.3. The molecule has 0 spiro atoms. The lowest BCUT2D eigenvalue weighted by Gasteiger charge is -2.43. The molecule has 0 radical (unpaired) electrons. The standard InChI is InChI=1S/C11H11F3N2O/c1-16-9(8(15)10(16)17)6-2-4-7(5-3-6)11(12,13)14/h2-5,8-9H,15H2,1H3/t8-,9-/m1/s1. The Bertz CT molecular complexity index is 429. The average Bonchev–Trinajstić information content (AvgIpc) is 2.28. The van der Waals surface area contributed by atoms with Crippen LogP contribution in [0.1, 0.15) is 17.2 Å². The molecule has 1 aliphatic rings. The van der Waals surface area contributed by atoms with Crippen LogP contribution in [0.2, 0.25) is 0 Å². The SMILES string of the molecule is CN1C(=O)[C@H](N)[C@H]1c1ccc(C(F)(F)F)cc1. The molecule has 3 nitrogen and oxygen atoms in total. The molecule has 0 unspecified atom stereocenters. The number of rotatable bonds is 1. The zero-order valence-corrected chi connectivity index (χ0v) is 9.03. The van der Waals surface area contributed by atoms with Gasteiger partial charge in [-0.2, -0.15) is 13.2 Å². The Morgan fingerprint density at radius 1 is 1.24 bits per heavy atom. The van der Waals surface area contributed by atoms with Crippen molar-refractivity contribution in [2.24, 2.45) is 5.73 Å². The number of amides is 1. The number of likely N-dealkylation sites (tertiary alicyclic amines) is 1. The highest BCUT2D eigenvalue weighted by atomic mass is 19.4. The van der Waals surface area contributed by atoms with Gasteiger partial charge < -0.3 is 10.6 Å². The third kappa shape index (κ3) is 1.88. The van der Waals surface area contributed by atoms with Crippen molar-refractivity contribution in [2.45, 2.75) is 18.3 Å². The number of nitrogens with two attached hydrogens (primary N) is 1. The summed E-state index contributed by atoms with van der Waals surface area (Å²) in [6.45, 7) is 0. The van der Waals surface area contributed by atoms with Gasteiger partial charge >= 0.3 is 6.18 Å². The number of benzene rings is 1. The Hall–Kier alpha value is -1.56. The Labute approximate surface area is 96.0 Å². The number of β-lactam (4-membered cyclic amide) rings is 1. The molecule has 1 saturated heterocycles. The summed E-state index contributed by atoms with van der Waals surface area (Å²) in [6, 6.07) is 3.73. The van der Waals surface area contributed by atoms with Crippen LogP contribution in [0.3, 0.4) is 0 Å². The molecule has 0 aromatic heterocycles. The molecule has 1 aromatic carbocycles. The van der Waals surface area contributed by atoms with E-state index in [-0.39, 0.29) is 11.9 Å². The lowest BCUT2D eigenvalue weighted by Crippen LogP contribution is -2.61. The van der Waals surface area contributed by atoms with E-state index in [1.54, 1.807) is 7.05 Å². The summed E-state index contributed by atoms with van der Waals surface area (Å²) in [7, 11) is 1.58. The van der Waals surface area contributed by atoms with E-state index >= 15 is 0 Å². The van der Waals surface area contributed by atoms with E-state index in [0.29, 0.717) is 5.56 Å². The smallest absolute Gasteiger partial charge is 0.335 e. The molecule has 2 N–H and O–H groups in total. The molecule has 1 aliphatic heterocycles. The fourth-order valence-corrected chi connectivity index (χ4v) is 1.97. The Morgan fingerprint density at radius 2 is 1.76 bits per heavy atom. The summed E-state index contributed by atoms with van der Waals surface area (Å²) in [4.78, 5) is 12.6. The molecule has 1 amide bonds. The van der Waals surface area contributed by atoms with Crippen molar-refractivity contribution in [1.82, 2.24) is 4.90 Å². The molecule has 2 rings (SSSR count). The first-order valence-electron chi connectivity index (χ1n) is 5.02. The predicted molar refractivity (Wildman–Crippen MR) is 54.9 cm³/mol. The fourth-order valence-electron chi connectivity index (χ4n) is 1.97. The van der Waals surface area contributed by atoms with Crippen LogP contribution in [0, 0.1) is 0 Å². The summed E-state index contributed by atoms with van der Waals surface area (Å²) in [5.41, 5.74) is 5.51. The summed E-state index contributed by atoms with van der Waals surface area (Å²) in [5.74, 6) is -0.199. The third-order valence-corrected chi connectivity index (χ3v) is 2.97. The summed E-state index contributed by atoms with van der Waals surface area (Å²) < 4.78 is 37.0. The second-order valence-electron chi connectivity index (χ2n) is 4.04. The van der Waals surface area contributed by atoms with Gasteiger partial charge in [0.1, 0.15) is 6.04 Å². The lowest BCUT2D eigenvalue weighted by molar-refractivity contribution is -0.147. The first-order chi connectivity index (χ1) is 7.82. The van der Waals surface area contributed by atoms with Crippen molar-refractivity contribution in [3.8, 4) is 0 Å². The van der Waals surface area contributed by atoms with Crippen LogP contribution in [0.5, 0.6) is 0 Å². The minimum absolute atomic E-state index is 0.199. The van der Waals surface area contributed by atoms with Gasteiger partial charge in [0.2, 0.25) is 5.91 Å². The Kier molecular flexibility index (Phi) is 2.61. The van der Waals surface area contributed by atoms with Crippen molar-refractivity contribution in [2.75, 3.05) is 7.05 Å². The van der Waals surface area contributed by atoms with Gasteiger partial charge in [-0.3, -0.25) is 4.79 Å². The molecule has 1 aromatic rings. The van der Waals surface area contributed by atoms with Crippen LogP contribution in [-0.2, 0) is 11.0 Å². The van der Waals surface area contributed by atoms with Gasteiger partial charge in [-0.05, 0) is 17.7 Å². The number of carbonyl (C=O) groups is 1. The first kappa shape index (κ1) is 11.9. The van der Waals surface area contributed by atoms with E-state index in [4.69, 9.17) is 5.73 Å². The van der Waals surface area contributed by atoms with Gasteiger partial charge in [-0.1, -0.05) is 12.1 Å². The highest BCUT2D eigenvalue weighted by molar-refractivity contribution is 5.89. The molecule has 0 saturated carbocycles. The summed E-state index contributed by atoms with van der Waals surface area (Å²) >= 11 is 0. The topological polar surface area (TPSA) is 46.3 Å². The largest absolute Gasteiger partial charge is 0.416 e. The van der Waals surface area contributed by atoms with E-state index in [0.717, 1.165) is 12.1 Å². The van der Waals surface area contributed by atoms with Crippen LogP contribution in [0.4, 0.5) is 13.2 Å². The van der Waals surface area contributed by atoms with E-state index < -0.39 is 17.8 Å². The van der Waals surface area contributed by atoms with Gasteiger partial charge in [0.25, 0.3) is 0 Å². The average molecular weight is 244 g/mol. The maximum Gasteiger partial charge on any atom is 0.416 e. The Balaban J connectivity index is 2.22. The number of likely N-dealkylation sites (N-methyl/N-ethyl adjacent to an activating group) is 1. The monoisotopic (exact) mass is 244 g/mol. The summed E-state index contributed by atoms with van der Waals surface area (Å²) in [6.07, 6.45) is -4.35. The van der Waals surface area contributed by atoms with Crippen molar-refractivity contribution >= 4 is 5.91 Å². The molecule has 0 aliphatic carbocycles. The maximum atomic E-state index is 12.3. The van der Waals surface area contributed by atoms with Gasteiger partial charge in [0.05, 0.1) is 11.6 Å². The highest BCUT2D eigenvalue weighted by Crippen LogP contribution is 2.34. The van der Waals surface area contributed by atoms with Gasteiger partial charge in [-0.25, -0.2) is 0 Å². The quantitative estimate of drug-likeness (QED) is 0.762. The van der Waals surface area contributed by atoms with Gasteiger partial charge in [-0.15, -0.1) is 0 Å². The van der Waals surface area contributed by atoms with Crippen LogP contribution in [0.25, 0.3) is 0 Å². The molecular formula is C11H11F3N2O. The van der Waals surface area contributed by atoms with Crippen LogP contribution in [0.15, 0.2) is 24.3 Å². The molecule has 1 heterocycles. The molecule has 2 atom stereocenters. The van der Waals surface area contributed by atoms with Crippen LogP contribution < -0.4 is 5.73 Å². The number of alkyl halides is 3. The molecular weight excluding hydrogens is 233 g/mol. The number of hydrogen-bond acceptors (Lipinski definition) is 2. The zero-order valence-electron chi connectivity index (χ0n) is 9.03. The van der Waals surface area contributed by atoms with E-state index in [9.17, 15) is 18.0 Å². The molecule has 1 fully saturated rings. The number of carbonyl (C=O) groups excluding carboxylic acids is 1. The zero-order chi connectivity index (χ0) is 12.8.